The molecule has 3 nitrogen and oxygen atoms in total. The molecule has 1 saturated heterocycles. The molecule has 0 saturated carbocycles. The van der Waals surface area contributed by atoms with E-state index in [2.05, 4.69) is 6.07 Å². The zero-order valence-electron chi connectivity index (χ0n) is 11.8. The van der Waals surface area contributed by atoms with Crippen LogP contribution in [0.5, 0.6) is 0 Å². The van der Waals surface area contributed by atoms with Crippen molar-refractivity contribution in [3.8, 4) is 6.07 Å². The van der Waals surface area contributed by atoms with E-state index < -0.39 is 5.92 Å². The largest absolute Gasteiger partial charge is 0.375 e. The van der Waals surface area contributed by atoms with Crippen molar-refractivity contribution in [3.63, 3.8) is 0 Å². The van der Waals surface area contributed by atoms with Crippen molar-refractivity contribution in [1.29, 1.82) is 5.26 Å². The van der Waals surface area contributed by atoms with Gasteiger partial charge in [-0.3, -0.25) is 4.79 Å². The van der Waals surface area contributed by atoms with E-state index in [1.165, 1.54) is 0 Å². The lowest BCUT2D eigenvalue weighted by atomic mass is 9.79. The molecule has 20 heavy (non-hydrogen) atoms. The van der Waals surface area contributed by atoms with Gasteiger partial charge in [0.05, 0.1) is 24.2 Å². The predicted octanol–water partition coefficient (Wildman–Crippen LogP) is 3.58. The van der Waals surface area contributed by atoms with Gasteiger partial charge in [0.25, 0.3) is 0 Å². The first-order chi connectivity index (χ1) is 9.47. The molecule has 0 bridgehead atoms. The van der Waals surface area contributed by atoms with Gasteiger partial charge in [0, 0.05) is 5.02 Å². The Hall–Kier alpha value is -1.37. The van der Waals surface area contributed by atoms with Gasteiger partial charge in [0.2, 0.25) is 0 Å². The maximum atomic E-state index is 12.7. The average Bonchev–Trinajstić information content (AvgIpc) is 2.66. The summed E-state index contributed by atoms with van der Waals surface area (Å²) < 4.78 is 5.70. The zero-order valence-corrected chi connectivity index (χ0v) is 12.6. The summed E-state index contributed by atoms with van der Waals surface area (Å²) in [5.41, 5.74) is 0.584. The summed E-state index contributed by atoms with van der Waals surface area (Å²) in [6.07, 6.45) is -0.129. The second-order valence-electron chi connectivity index (χ2n) is 5.42. The van der Waals surface area contributed by atoms with Crippen molar-refractivity contribution >= 4 is 17.4 Å². The van der Waals surface area contributed by atoms with Gasteiger partial charge in [-0.25, -0.2) is 0 Å². The highest BCUT2D eigenvalue weighted by Crippen LogP contribution is 2.37. The van der Waals surface area contributed by atoms with Crippen LogP contribution in [0.4, 0.5) is 0 Å². The maximum absolute atomic E-state index is 12.7. The Bertz CT molecular complexity index is 552. The molecule has 0 aliphatic carbocycles. The van der Waals surface area contributed by atoms with Crippen molar-refractivity contribution in [3.05, 3.63) is 34.9 Å². The third-order valence-electron chi connectivity index (χ3n) is 4.20. The Labute approximate surface area is 124 Å². The second-order valence-corrected chi connectivity index (χ2v) is 5.82. The van der Waals surface area contributed by atoms with Crippen LogP contribution in [0.1, 0.15) is 32.3 Å². The Morgan fingerprint density at radius 3 is 2.45 bits per heavy atom. The molecule has 106 valence electrons. The number of nitriles is 1. The summed E-state index contributed by atoms with van der Waals surface area (Å²) in [5.74, 6) is -1.07. The third kappa shape index (κ3) is 2.59. The van der Waals surface area contributed by atoms with Crippen LogP contribution in [0.2, 0.25) is 5.02 Å². The molecule has 1 aromatic rings. The first-order valence-electron chi connectivity index (χ1n) is 6.80. The second kappa shape index (κ2) is 5.95. The molecule has 0 aromatic heterocycles. The number of ether oxygens (including phenoxy) is 1. The van der Waals surface area contributed by atoms with Gasteiger partial charge in [-0.05, 0) is 31.4 Å². The van der Waals surface area contributed by atoms with E-state index in [9.17, 15) is 10.1 Å². The van der Waals surface area contributed by atoms with Gasteiger partial charge >= 0.3 is 0 Å². The molecule has 1 aliphatic rings. The molecular formula is C16H18ClNO2. The SMILES string of the molecule is CC1OC(C)C(C(=O)C(C#N)c2ccccc2Cl)C1C. The van der Waals surface area contributed by atoms with E-state index in [0.29, 0.717) is 10.6 Å². The highest BCUT2D eigenvalue weighted by molar-refractivity contribution is 6.31. The number of carbonyl (C=O) groups is 1. The fraction of sp³-hybridized carbons (Fsp3) is 0.500. The summed E-state index contributed by atoms with van der Waals surface area (Å²) >= 11 is 6.12. The van der Waals surface area contributed by atoms with Crippen LogP contribution in [0, 0.1) is 23.2 Å². The van der Waals surface area contributed by atoms with Gasteiger partial charge in [-0.1, -0.05) is 36.7 Å². The highest BCUT2D eigenvalue weighted by atomic mass is 35.5. The normalized spacial score (nSPS) is 30.8. The van der Waals surface area contributed by atoms with Gasteiger partial charge in [-0.15, -0.1) is 0 Å². The van der Waals surface area contributed by atoms with E-state index in [-0.39, 0.29) is 29.8 Å². The smallest absolute Gasteiger partial charge is 0.160 e. The monoisotopic (exact) mass is 291 g/mol. The Morgan fingerprint density at radius 1 is 1.30 bits per heavy atom. The van der Waals surface area contributed by atoms with Crippen LogP contribution in [-0.2, 0) is 9.53 Å². The molecular weight excluding hydrogens is 274 g/mol. The molecule has 5 atom stereocenters. The van der Waals surface area contributed by atoms with Crippen LogP contribution < -0.4 is 0 Å². The van der Waals surface area contributed by atoms with Crippen molar-refractivity contribution in [2.24, 2.45) is 11.8 Å². The first-order valence-corrected chi connectivity index (χ1v) is 7.18. The summed E-state index contributed by atoms with van der Waals surface area (Å²) in [6.45, 7) is 5.85. The van der Waals surface area contributed by atoms with E-state index in [1.54, 1.807) is 24.3 Å². The van der Waals surface area contributed by atoms with Crippen LogP contribution >= 0.6 is 11.6 Å². The molecule has 0 radical (unpaired) electrons. The van der Waals surface area contributed by atoms with E-state index >= 15 is 0 Å². The van der Waals surface area contributed by atoms with Crippen molar-refractivity contribution < 1.29 is 9.53 Å². The standard InChI is InChI=1S/C16H18ClNO2/c1-9-10(2)20-11(3)15(9)16(19)13(8-18)12-6-4-5-7-14(12)17/h4-7,9-11,13,15H,1-3H3. The fourth-order valence-electron chi connectivity index (χ4n) is 2.95. The molecule has 0 amide bonds. The van der Waals surface area contributed by atoms with Crippen LogP contribution in [0.25, 0.3) is 0 Å². The van der Waals surface area contributed by atoms with Crippen LogP contribution in [-0.4, -0.2) is 18.0 Å². The number of Topliss-reactive ketones (excluding diaryl/α,β-unsaturated/α-hetero) is 1. The number of hydrogen-bond donors (Lipinski definition) is 0. The number of hydrogen-bond acceptors (Lipinski definition) is 3. The van der Waals surface area contributed by atoms with Crippen molar-refractivity contribution in [2.75, 3.05) is 0 Å². The number of rotatable bonds is 3. The Morgan fingerprint density at radius 2 is 1.95 bits per heavy atom. The summed E-state index contributed by atoms with van der Waals surface area (Å²) in [6, 6.07) is 9.12. The minimum Gasteiger partial charge on any atom is -0.375 e. The maximum Gasteiger partial charge on any atom is 0.160 e. The molecule has 2 rings (SSSR count). The quantitative estimate of drug-likeness (QED) is 0.855. The lowest BCUT2D eigenvalue weighted by Gasteiger charge is -2.20. The number of benzene rings is 1. The molecule has 1 aliphatic heterocycles. The minimum atomic E-state index is -0.826. The number of nitrogens with zero attached hydrogens (tertiary/aromatic N) is 1. The van der Waals surface area contributed by atoms with Gasteiger partial charge < -0.3 is 4.74 Å². The fourth-order valence-corrected chi connectivity index (χ4v) is 3.19. The lowest BCUT2D eigenvalue weighted by Crippen LogP contribution is -2.30. The van der Waals surface area contributed by atoms with Gasteiger partial charge in [0.15, 0.2) is 5.78 Å². The predicted molar refractivity (Wildman–Crippen MR) is 77.5 cm³/mol. The molecule has 1 heterocycles. The molecule has 1 aromatic carbocycles. The number of carbonyl (C=O) groups excluding carboxylic acids is 1. The minimum absolute atomic E-state index is 0.0320. The average molecular weight is 292 g/mol. The van der Waals surface area contributed by atoms with Gasteiger partial charge in [-0.2, -0.15) is 5.26 Å². The van der Waals surface area contributed by atoms with E-state index in [4.69, 9.17) is 16.3 Å². The lowest BCUT2D eigenvalue weighted by molar-refractivity contribution is -0.125. The highest BCUT2D eigenvalue weighted by Gasteiger charge is 2.44. The molecule has 5 unspecified atom stereocenters. The molecule has 0 spiro atoms. The molecule has 1 fully saturated rings. The van der Waals surface area contributed by atoms with E-state index in [1.807, 2.05) is 20.8 Å². The summed E-state index contributed by atoms with van der Waals surface area (Å²) in [7, 11) is 0. The van der Waals surface area contributed by atoms with Gasteiger partial charge in [0.1, 0.15) is 5.92 Å². The molecule has 0 N–H and O–H groups in total. The first kappa shape index (κ1) is 15.0. The Balaban J connectivity index is 2.32. The zero-order chi connectivity index (χ0) is 14.9. The summed E-state index contributed by atoms with van der Waals surface area (Å²) in [5, 5.41) is 9.86. The third-order valence-corrected chi connectivity index (χ3v) is 4.54. The molecule has 4 heteroatoms. The number of halogens is 1. The van der Waals surface area contributed by atoms with Crippen LogP contribution in [0.15, 0.2) is 24.3 Å². The topological polar surface area (TPSA) is 50.1 Å². The van der Waals surface area contributed by atoms with Crippen LogP contribution in [0.3, 0.4) is 0 Å². The van der Waals surface area contributed by atoms with E-state index in [0.717, 1.165) is 0 Å². The summed E-state index contributed by atoms with van der Waals surface area (Å²) in [4.78, 5) is 12.7. The number of ketones is 1. The Kier molecular flexibility index (Phi) is 4.47. The van der Waals surface area contributed by atoms with Crippen molar-refractivity contribution in [2.45, 2.75) is 38.9 Å². The van der Waals surface area contributed by atoms with Crippen molar-refractivity contribution in [1.82, 2.24) is 0 Å².